The van der Waals surface area contributed by atoms with Gasteiger partial charge in [-0.1, -0.05) is 117 Å². The number of para-hydroxylation sites is 6. The van der Waals surface area contributed by atoms with Gasteiger partial charge in [-0.2, -0.15) is 65.9 Å². The second-order valence-corrected chi connectivity index (χ2v) is 31.0. The summed E-state index contributed by atoms with van der Waals surface area (Å²) in [5, 5.41) is 53.8. The van der Waals surface area contributed by atoms with Gasteiger partial charge in [-0.3, -0.25) is 49.0 Å². The zero-order valence-electron chi connectivity index (χ0n) is 61.2. The SMILES string of the molecule is C[Si](C)(C)C.Nc1ccccc1C(O)C(F)(F)F.O=C(Cl)c1ccco1.O=C(Nc1ccccc1C(=O)C(F)(F)F)c1ccco1.O=C(Nc1ccccc1C(O)C(F)(F)F)c1ccco1.O=C(Nc1ccccc1C(OC(=O)c1ccco1)C(F)(F)F)c1ccco1.O=Cc1ccccc1[N+](=O)[O-].O=[N+]([O-])c1ccccc1C(O)C(F)(F)F.[HH]. The number of carbonyl (C=O) groups excluding carboxylic acids is 7. The number of Topliss-reactive ketones (excluding diaryl/α,β-unsaturated/α-hetero) is 1. The number of nitrogens with zero attached hydrogens (tertiary/aromatic N) is 2. The summed E-state index contributed by atoms with van der Waals surface area (Å²) in [6, 6.07) is 44.6. The maximum atomic E-state index is 13.6. The van der Waals surface area contributed by atoms with Gasteiger partial charge in [-0.25, -0.2) is 4.79 Å². The second-order valence-electron chi connectivity index (χ2n) is 24.6. The first-order valence-electron chi connectivity index (χ1n) is 33.0. The van der Waals surface area contributed by atoms with E-state index in [1.165, 1.54) is 183 Å². The Morgan fingerprint density at radius 1 is 0.437 bits per heavy atom. The van der Waals surface area contributed by atoms with Crippen LogP contribution in [0.3, 0.4) is 0 Å². The van der Waals surface area contributed by atoms with Crippen molar-refractivity contribution < 1.29 is 153 Å². The van der Waals surface area contributed by atoms with Gasteiger partial charge < -0.3 is 63.8 Å². The molecule has 4 unspecified atom stereocenters. The summed E-state index contributed by atoms with van der Waals surface area (Å²) in [5.41, 5.74) is 1.32. The van der Waals surface area contributed by atoms with Crippen LogP contribution in [0.5, 0.6) is 0 Å². The number of aldehydes is 1. The molecule has 119 heavy (non-hydrogen) atoms. The highest BCUT2D eigenvalue weighted by molar-refractivity contribution is 6.74. The Labute approximate surface area is 668 Å². The smallest absolute Gasteiger partial charge is 0.454 e. The Balaban J connectivity index is 0.000000367. The van der Waals surface area contributed by atoms with E-state index in [2.05, 4.69) is 51.3 Å². The van der Waals surface area contributed by atoms with Gasteiger partial charge in [0, 0.05) is 55.4 Å². The molecule has 26 nitrogen and oxygen atoms in total. The molecule has 0 fully saturated rings. The number of anilines is 4. The lowest BCUT2D eigenvalue weighted by Gasteiger charge is -2.23. The molecule has 0 radical (unpaired) electrons. The molecule has 0 saturated heterocycles. The third-order valence-corrected chi connectivity index (χ3v) is 14.0. The molecule has 5 aromatic heterocycles. The molecule has 6 aromatic carbocycles. The van der Waals surface area contributed by atoms with E-state index in [4.69, 9.17) is 45.2 Å². The fourth-order valence-electron chi connectivity index (χ4n) is 8.59. The van der Waals surface area contributed by atoms with Gasteiger partial charge in [0.05, 0.1) is 63.5 Å². The van der Waals surface area contributed by atoms with Crippen LogP contribution >= 0.6 is 11.6 Å². The summed E-state index contributed by atoms with van der Waals surface area (Å²) in [6.07, 6.45) is -28.2. The molecular weight excluding hydrogens is 1670 g/mol. The maximum Gasteiger partial charge on any atom is 0.454 e. The van der Waals surface area contributed by atoms with E-state index in [0.29, 0.717) is 6.29 Å². The number of aliphatic hydroxyl groups is 3. The lowest BCUT2D eigenvalue weighted by molar-refractivity contribution is -0.387. The predicted octanol–water partition coefficient (Wildman–Crippen LogP) is 20.3. The van der Waals surface area contributed by atoms with Crippen LogP contribution in [0.4, 0.5) is 100.0 Å². The molecule has 0 aliphatic rings. The van der Waals surface area contributed by atoms with Crippen LogP contribution < -0.4 is 21.7 Å². The molecule has 0 spiro atoms. The number of rotatable bonds is 17. The van der Waals surface area contributed by atoms with E-state index in [-0.39, 0.29) is 69.8 Å². The number of alkyl halides is 15. The minimum absolute atomic E-state index is 0. The van der Waals surface area contributed by atoms with Crippen molar-refractivity contribution >= 4 is 94.8 Å². The van der Waals surface area contributed by atoms with Crippen LogP contribution in [0.25, 0.3) is 0 Å². The lowest BCUT2D eigenvalue weighted by atomic mass is 10.1. The highest BCUT2D eigenvalue weighted by atomic mass is 35.5. The molecule has 0 aliphatic heterocycles. The summed E-state index contributed by atoms with van der Waals surface area (Å²) in [7, 11) is -0.611. The number of ketones is 1. The van der Waals surface area contributed by atoms with E-state index < -0.39 is 136 Å². The number of hydrogen-bond donors (Lipinski definition) is 7. The first-order chi connectivity index (χ1) is 55.5. The summed E-state index contributed by atoms with van der Waals surface area (Å²) < 4.78 is 217. The molecule has 3 amide bonds. The van der Waals surface area contributed by atoms with E-state index in [1.54, 1.807) is 12.1 Å². The number of nitrogen functional groups attached to an aromatic ring is 1. The first-order valence-corrected chi connectivity index (χ1v) is 37.3. The molecule has 5 heterocycles. The van der Waals surface area contributed by atoms with Gasteiger partial charge in [0.2, 0.25) is 11.9 Å². The topological polar surface area (TPSA) is 403 Å². The van der Waals surface area contributed by atoms with Gasteiger partial charge >= 0.3 is 36.9 Å². The molecule has 0 saturated carbocycles. The number of ether oxygens (including phenoxy) is 1. The normalized spacial score (nSPS) is 12.1. The molecule has 4 atom stereocenters. The predicted molar refractivity (Wildman–Crippen MR) is 398 cm³/mol. The van der Waals surface area contributed by atoms with E-state index in [0.717, 1.165) is 42.7 Å². The molecule has 0 bridgehead atoms. The van der Waals surface area contributed by atoms with Crippen molar-refractivity contribution in [2.45, 2.75) is 81.5 Å². The van der Waals surface area contributed by atoms with Gasteiger partial charge in [0.25, 0.3) is 40.1 Å². The third kappa shape index (κ3) is 32.6. The highest BCUT2D eigenvalue weighted by Gasteiger charge is 2.47. The number of carbonyl (C=O) groups is 7. The van der Waals surface area contributed by atoms with E-state index in [9.17, 15) is 125 Å². The number of esters is 1. The number of halogens is 16. The fourth-order valence-corrected chi connectivity index (χ4v) is 8.70. The monoisotopic (exact) mass is 1730 g/mol. The molecule has 636 valence electrons. The standard InChI is InChI=1S/C18H12F3NO5.C13H10F3NO3.C13H8F3NO3.C8H6F3NO3.C8H8F3NO.C7H5NO3.C5H3ClO2.C4H12Si.H2/c19-18(20,21)15(27-17(24)14-8-4-10-26-14)11-5-1-2-6-12(11)22-16(23)13-7-3-9-25-13;2*14-13(15,16)11(18)8-4-1-2-5-9(8)17-12(19)10-6-3-7-20-10;9-8(10,11)7(13)5-3-1-2-4-6(5)12(14)15;9-8(10,11)7(13)5-3-1-2-4-6(5)12;9-5-6-3-1-2-4-7(6)8(10)11;6-5(7)4-2-1-3-8-4;1-5(2,3)4;/h1-10,15H,(H,22,23);1-7,11,18H,(H,17,19);1-7H,(H,17,19);1-4,7,13H;1-4,7,13H,12H2;1-5H;1-3H;1-4H3;1H. The molecular formula is C76H66ClF15N6O20Si. The maximum absolute atomic E-state index is 13.6. The van der Waals surface area contributed by atoms with Gasteiger partial charge in [0.1, 0.15) is 0 Å². The zero-order valence-corrected chi connectivity index (χ0v) is 63.0. The van der Waals surface area contributed by atoms with Crippen molar-refractivity contribution in [2.24, 2.45) is 0 Å². The zero-order chi connectivity index (χ0) is 89.4. The molecule has 11 aromatic rings. The average Bonchev–Trinajstić information content (AvgIpc) is 1.56. The van der Waals surface area contributed by atoms with Crippen LogP contribution in [0.1, 0.15) is 122 Å². The fraction of sp³-hybridized carbons (Fsp3) is 0.171. The van der Waals surface area contributed by atoms with Crippen LogP contribution in [0, 0.1) is 20.2 Å². The third-order valence-electron chi connectivity index (χ3n) is 13.8. The summed E-state index contributed by atoms with van der Waals surface area (Å²) in [5.74, 6) is -5.86. The first kappa shape index (κ1) is 97.9. The summed E-state index contributed by atoms with van der Waals surface area (Å²) >= 11 is 5.01. The van der Waals surface area contributed by atoms with Gasteiger partial charge in [-0.05, 0) is 115 Å². The second kappa shape index (κ2) is 44.6. The van der Waals surface area contributed by atoms with Crippen molar-refractivity contribution in [1.82, 2.24) is 0 Å². The number of furan rings is 5. The Bertz CT molecular complexity index is 5080. The number of nitro groups is 2. The van der Waals surface area contributed by atoms with Crippen LogP contribution in [0.15, 0.2) is 260 Å². The Kier molecular flexibility index (Phi) is 36.7. The van der Waals surface area contributed by atoms with Crippen molar-refractivity contribution in [3.05, 3.63) is 320 Å². The van der Waals surface area contributed by atoms with Gasteiger partial charge in [0.15, 0.2) is 47.6 Å². The minimum Gasteiger partial charge on any atom is -0.460 e. The summed E-state index contributed by atoms with van der Waals surface area (Å²) in [4.78, 5) is 98.2. The number of benzene rings is 6. The summed E-state index contributed by atoms with van der Waals surface area (Å²) in [6.45, 7) is 9.31. The average molecular weight is 1730 g/mol. The largest absolute Gasteiger partial charge is 0.460 e. The number of aliphatic hydroxyl groups excluding tert-OH is 3. The molecule has 11 rings (SSSR count). The Morgan fingerprint density at radius 2 is 0.756 bits per heavy atom. The quantitative estimate of drug-likeness (QED) is 0.00512. The number of nitro benzene ring substituents is 2. The van der Waals surface area contributed by atoms with Crippen molar-refractivity contribution in [2.75, 3.05) is 21.7 Å². The lowest BCUT2D eigenvalue weighted by Crippen LogP contribution is -2.27. The number of amides is 3. The van der Waals surface area contributed by atoms with E-state index in [1.807, 2.05) is 0 Å². The van der Waals surface area contributed by atoms with Crippen molar-refractivity contribution in [3.63, 3.8) is 0 Å². The van der Waals surface area contributed by atoms with Crippen LogP contribution in [-0.2, 0) is 4.74 Å². The van der Waals surface area contributed by atoms with Gasteiger partial charge in [-0.15, -0.1) is 0 Å². The van der Waals surface area contributed by atoms with Crippen LogP contribution in [-0.4, -0.2) is 105 Å². The molecule has 0 aliphatic carbocycles. The molecule has 43 heteroatoms. The number of nitrogens with one attached hydrogen (secondary N) is 3. The van der Waals surface area contributed by atoms with Crippen LogP contribution in [0.2, 0.25) is 26.2 Å². The number of hydrogen-bond acceptors (Lipinski definition) is 21. The Morgan fingerprint density at radius 3 is 1.12 bits per heavy atom. The van der Waals surface area contributed by atoms with Crippen molar-refractivity contribution in [3.8, 4) is 0 Å². The minimum atomic E-state index is -5.01. The van der Waals surface area contributed by atoms with E-state index >= 15 is 0 Å². The Hall–Kier alpha value is -13.5. The highest BCUT2D eigenvalue weighted by Crippen LogP contribution is 2.42. The van der Waals surface area contributed by atoms with Crippen molar-refractivity contribution in [1.29, 1.82) is 0 Å². The number of nitrogens with two attached hydrogens (primary N) is 1. The molecule has 8 N–H and O–H groups in total.